The fraction of sp³-hybridized carbons (Fsp3) is 0.353. The lowest BCUT2D eigenvalue weighted by Gasteiger charge is -2.20. The molecule has 0 saturated heterocycles. The van der Waals surface area contributed by atoms with Crippen molar-refractivity contribution in [3.8, 4) is 0 Å². The van der Waals surface area contributed by atoms with Gasteiger partial charge in [-0.05, 0) is 62.8 Å². The van der Waals surface area contributed by atoms with Gasteiger partial charge < -0.3 is 29.6 Å². The number of para-hydroxylation sites is 1. The summed E-state index contributed by atoms with van der Waals surface area (Å²) in [4.78, 5) is 54.6. The summed E-state index contributed by atoms with van der Waals surface area (Å²) in [5.41, 5.74) is 4.99. The number of aromatic amines is 1. The van der Waals surface area contributed by atoms with Crippen LogP contribution < -0.4 is 16.3 Å². The van der Waals surface area contributed by atoms with Crippen LogP contribution in [0.5, 0.6) is 0 Å². The molecule has 44 heavy (non-hydrogen) atoms. The minimum Gasteiger partial charge on any atom is -0.480 e. The summed E-state index contributed by atoms with van der Waals surface area (Å²) >= 11 is 0. The van der Waals surface area contributed by atoms with E-state index in [0.29, 0.717) is 11.1 Å². The number of benzene rings is 2. The number of carbonyl (C=O) groups excluding carboxylic acids is 2. The van der Waals surface area contributed by atoms with Crippen LogP contribution >= 0.6 is 0 Å². The van der Waals surface area contributed by atoms with Crippen LogP contribution in [0, 0.1) is 13.8 Å². The van der Waals surface area contributed by atoms with E-state index >= 15 is 0 Å². The molecule has 228 valence electrons. The van der Waals surface area contributed by atoms with Gasteiger partial charge in [-0.2, -0.15) is 0 Å². The van der Waals surface area contributed by atoms with Crippen LogP contribution in [-0.2, 0) is 40.1 Å². The monoisotopic (exact) mass is 597 g/mol. The van der Waals surface area contributed by atoms with E-state index in [0.717, 1.165) is 69.8 Å². The largest absolute Gasteiger partial charge is 0.480 e. The molecule has 0 saturated carbocycles. The molecule has 10 nitrogen and oxygen atoms in total. The van der Waals surface area contributed by atoms with Gasteiger partial charge in [-0.3, -0.25) is 9.59 Å². The van der Waals surface area contributed by atoms with Crippen molar-refractivity contribution in [2.75, 3.05) is 0 Å². The summed E-state index contributed by atoms with van der Waals surface area (Å²) in [6.07, 6.45) is 5.74. The number of nitrogens with one attached hydrogen (secondary N) is 3. The molecule has 1 unspecified atom stereocenters. The van der Waals surface area contributed by atoms with Crippen molar-refractivity contribution in [2.24, 2.45) is 0 Å². The van der Waals surface area contributed by atoms with Crippen molar-refractivity contribution in [1.82, 2.24) is 15.6 Å². The molecule has 3 heterocycles. The number of amides is 2. The molecule has 5 aromatic rings. The Labute approximate surface area is 252 Å². The summed E-state index contributed by atoms with van der Waals surface area (Å²) in [6, 6.07) is 7.32. The average Bonchev–Trinajstić information content (AvgIpc) is 3.60. The van der Waals surface area contributed by atoms with E-state index in [-0.39, 0.29) is 24.8 Å². The van der Waals surface area contributed by atoms with Crippen LogP contribution in [0.25, 0.3) is 32.8 Å². The van der Waals surface area contributed by atoms with Crippen molar-refractivity contribution >= 4 is 50.6 Å². The molecule has 0 bridgehead atoms. The third-order valence-corrected chi connectivity index (χ3v) is 8.84. The van der Waals surface area contributed by atoms with Gasteiger partial charge in [0.05, 0.1) is 12.0 Å². The van der Waals surface area contributed by atoms with Crippen LogP contribution in [0.4, 0.5) is 0 Å². The molecule has 1 aliphatic rings. The maximum atomic E-state index is 13.2. The summed E-state index contributed by atoms with van der Waals surface area (Å²) in [7, 11) is 0. The van der Waals surface area contributed by atoms with Gasteiger partial charge in [-0.15, -0.1) is 0 Å². The van der Waals surface area contributed by atoms with Gasteiger partial charge in [0.1, 0.15) is 29.0 Å². The topological polar surface area (TPSA) is 155 Å². The van der Waals surface area contributed by atoms with Crippen molar-refractivity contribution < 1.29 is 28.3 Å². The normalized spacial score (nSPS) is 14.4. The number of furan rings is 1. The number of aromatic nitrogens is 1. The Balaban J connectivity index is 1.20. The number of aryl methyl sites for hydroxylation is 4. The summed E-state index contributed by atoms with van der Waals surface area (Å²) in [5.74, 6) is -1.35. The quantitative estimate of drug-likeness (QED) is 0.179. The highest BCUT2D eigenvalue weighted by Gasteiger charge is 2.28. The summed E-state index contributed by atoms with van der Waals surface area (Å²) < 4.78 is 11.9. The minimum absolute atomic E-state index is 0.0688. The average molecular weight is 598 g/mol. The number of carboxylic acid groups (broad SMARTS) is 1. The highest BCUT2D eigenvalue weighted by Crippen LogP contribution is 2.38. The van der Waals surface area contributed by atoms with Crippen LogP contribution in [-0.4, -0.2) is 40.0 Å². The number of carbonyl (C=O) groups is 3. The first-order valence-electron chi connectivity index (χ1n) is 15.0. The van der Waals surface area contributed by atoms with E-state index in [1.807, 2.05) is 37.3 Å². The van der Waals surface area contributed by atoms with Crippen molar-refractivity contribution in [2.45, 2.75) is 77.8 Å². The van der Waals surface area contributed by atoms with E-state index in [2.05, 4.69) is 15.6 Å². The first kappa shape index (κ1) is 29.2. The lowest BCUT2D eigenvalue weighted by Crippen LogP contribution is -2.52. The maximum Gasteiger partial charge on any atom is 0.340 e. The molecule has 0 spiro atoms. The van der Waals surface area contributed by atoms with Gasteiger partial charge in [0.25, 0.3) is 0 Å². The SMILES string of the molecule is CCC(NC(=O)Cc1c(C)c2cc3c4c(oc3c(C)c2oc1=O)CCCC4)C(=O)N[C@H](Cc1c[nH]c2ccccc12)C(=O)O. The first-order chi connectivity index (χ1) is 21.2. The molecule has 6 rings (SSSR count). The highest BCUT2D eigenvalue weighted by atomic mass is 16.4. The zero-order valence-electron chi connectivity index (χ0n) is 25.0. The summed E-state index contributed by atoms with van der Waals surface area (Å²) in [6.45, 7) is 5.39. The van der Waals surface area contributed by atoms with Gasteiger partial charge in [0.15, 0.2) is 0 Å². The molecule has 2 aromatic carbocycles. The molecular weight excluding hydrogens is 562 g/mol. The Morgan fingerprint density at radius 3 is 2.48 bits per heavy atom. The number of hydrogen-bond donors (Lipinski definition) is 4. The fourth-order valence-corrected chi connectivity index (χ4v) is 6.37. The Hall–Kier alpha value is -4.86. The van der Waals surface area contributed by atoms with Crippen LogP contribution in [0.1, 0.15) is 59.8 Å². The van der Waals surface area contributed by atoms with Crippen LogP contribution in [0.2, 0.25) is 0 Å². The second-order valence-corrected chi connectivity index (χ2v) is 11.6. The molecule has 1 aliphatic carbocycles. The summed E-state index contributed by atoms with van der Waals surface area (Å²) in [5, 5.41) is 17.7. The van der Waals surface area contributed by atoms with Crippen molar-refractivity contribution in [3.63, 3.8) is 0 Å². The number of rotatable bonds is 9. The number of hydrogen-bond acceptors (Lipinski definition) is 6. The van der Waals surface area contributed by atoms with Crippen LogP contribution in [0.15, 0.2) is 50.2 Å². The maximum absolute atomic E-state index is 13.2. The van der Waals surface area contributed by atoms with Gasteiger partial charge in [0.2, 0.25) is 11.8 Å². The second-order valence-electron chi connectivity index (χ2n) is 11.6. The first-order valence-corrected chi connectivity index (χ1v) is 15.0. The van der Waals surface area contributed by atoms with E-state index < -0.39 is 35.5 Å². The zero-order chi connectivity index (χ0) is 31.1. The predicted molar refractivity (Wildman–Crippen MR) is 166 cm³/mol. The van der Waals surface area contributed by atoms with Crippen molar-refractivity contribution in [1.29, 1.82) is 0 Å². The lowest BCUT2D eigenvalue weighted by atomic mass is 9.93. The number of fused-ring (bicyclic) bond motifs is 5. The Morgan fingerprint density at radius 2 is 1.70 bits per heavy atom. The molecule has 2 amide bonds. The molecule has 10 heteroatoms. The Bertz CT molecular complexity index is 2000. The molecule has 4 N–H and O–H groups in total. The van der Waals surface area contributed by atoms with Crippen molar-refractivity contribution in [3.05, 3.63) is 80.5 Å². The number of aliphatic carboxylic acids is 1. The molecule has 3 aromatic heterocycles. The molecule has 0 fully saturated rings. The van der Waals surface area contributed by atoms with E-state index in [9.17, 15) is 24.3 Å². The smallest absolute Gasteiger partial charge is 0.340 e. The predicted octanol–water partition coefficient (Wildman–Crippen LogP) is 4.77. The Morgan fingerprint density at radius 1 is 0.955 bits per heavy atom. The number of H-pyrrole nitrogens is 1. The highest BCUT2D eigenvalue weighted by molar-refractivity contribution is 6.01. The van der Waals surface area contributed by atoms with Gasteiger partial charge in [-0.1, -0.05) is 25.1 Å². The molecular formula is C34H35N3O7. The Kier molecular flexibility index (Phi) is 7.75. The van der Waals surface area contributed by atoms with Gasteiger partial charge >= 0.3 is 11.6 Å². The van der Waals surface area contributed by atoms with E-state index in [4.69, 9.17) is 8.83 Å². The minimum atomic E-state index is -1.20. The van der Waals surface area contributed by atoms with Crippen LogP contribution in [0.3, 0.4) is 0 Å². The third kappa shape index (κ3) is 5.25. The van der Waals surface area contributed by atoms with E-state index in [1.54, 1.807) is 20.0 Å². The lowest BCUT2D eigenvalue weighted by molar-refractivity contribution is -0.142. The molecule has 2 atom stereocenters. The van der Waals surface area contributed by atoms with Gasteiger partial charge in [-0.25, -0.2) is 9.59 Å². The zero-order valence-corrected chi connectivity index (χ0v) is 25.0. The fourth-order valence-electron chi connectivity index (χ4n) is 6.37. The second kappa shape index (κ2) is 11.7. The standard InChI is InChI=1S/C34H35N3O7/c1-4-25(32(39)37-27(33(40)41)13-19-16-35-26-11-7-5-9-20(19)26)36-29(38)15-23-17(2)22-14-24-21-10-6-8-12-28(21)43-31(24)18(3)30(22)44-34(23)42/h5,7,9,11,14,16,25,27,35H,4,6,8,10,12-13,15H2,1-3H3,(H,36,38)(H,37,39)(H,40,41)/t25?,27-/m1/s1. The van der Waals surface area contributed by atoms with E-state index in [1.165, 1.54) is 5.56 Å². The molecule has 0 radical (unpaired) electrons. The molecule has 0 aliphatic heterocycles. The van der Waals surface area contributed by atoms with Gasteiger partial charge in [0, 0.05) is 51.8 Å². The number of carboxylic acids is 1. The third-order valence-electron chi connectivity index (χ3n) is 8.84.